The number of ketones is 1. The van der Waals surface area contributed by atoms with E-state index in [1.54, 1.807) is 24.3 Å². The molecule has 0 aromatic heterocycles. The molecule has 1 unspecified atom stereocenters. The maximum absolute atomic E-state index is 14.6. The van der Waals surface area contributed by atoms with Crippen molar-refractivity contribution in [1.29, 1.82) is 0 Å². The summed E-state index contributed by atoms with van der Waals surface area (Å²) in [5.74, 6) is -1.34. The lowest BCUT2D eigenvalue weighted by atomic mass is 9.92. The molecular weight excluding hydrogens is 617 g/mol. The molecule has 6 rings (SSSR count). The fourth-order valence-electron chi connectivity index (χ4n) is 6.51. The van der Waals surface area contributed by atoms with E-state index in [4.69, 9.17) is 4.74 Å². The van der Waals surface area contributed by atoms with Crippen LogP contribution in [0.1, 0.15) is 47.2 Å². The number of benzene rings is 4. The lowest BCUT2D eigenvalue weighted by Crippen LogP contribution is -2.61. The van der Waals surface area contributed by atoms with Gasteiger partial charge < -0.3 is 15.0 Å². The van der Waals surface area contributed by atoms with E-state index in [0.717, 1.165) is 48.1 Å². The summed E-state index contributed by atoms with van der Waals surface area (Å²) in [6.45, 7) is 0.701. The van der Waals surface area contributed by atoms with E-state index in [-0.39, 0.29) is 29.7 Å². The Kier molecular flexibility index (Phi) is 9.78. The summed E-state index contributed by atoms with van der Waals surface area (Å²) in [7, 11) is 1.28. The topological polar surface area (TPSA) is 75.7 Å². The van der Waals surface area contributed by atoms with Crippen LogP contribution in [0.15, 0.2) is 103 Å². The third-order valence-corrected chi connectivity index (χ3v) is 9.26. The number of carbonyl (C=O) groups is 3. The van der Waals surface area contributed by atoms with Gasteiger partial charge in [-0.15, -0.1) is 0 Å². The molecule has 0 bridgehead atoms. The van der Waals surface area contributed by atoms with Gasteiger partial charge in [-0.3, -0.25) is 9.59 Å². The van der Waals surface area contributed by atoms with Crippen molar-refractivity contribution >= 4 is 17.7 Å². The van der Waals surface area contributed by atoms with Crippen LogP contribution in [0.25, 0.3) is 22.3 Å². The van der Waals surface area contributed by atoms with E-state index in [1.807, 2.05) is 54.6 Å². The zero-order valence-corrected chi connectivity index (χ0v) is 26.6. The first-order valence-electron chi connectivity index (χ1n) is 16.2. The van der Waals surface area contributed by atoms with E-state index in [0.29, 0.717) is 24.1 Å². The molecule has 2 fully saturated rings. The van der Waals surface area contributed by atoms with Crippen molar-refractivity contribution in [3.63, 3.8) is 0 Å². The standard InChI is InChI=1S/C39H37F3N2O4/c1-48-38(47)34(24-25-9-11-27(12-10-25)26-6-3-2-4-7-26)44(35(33-8-5-23-43-33)36(45)30-15-16-30)37(46)31-17-13-28(14-18-31)29-19-21-32(22-20-29)39(40,41)42/h2-4,6-7,9-14,17-22,30,33-35,43H,5,8,15-16,23-24H2,1H3/t33-,34+,35?/m1/s1. The largest absolute Gasteiger partial charge is 0.467 e. The highest BCUT2D eigenvalue weighted by atomic mass is 19.4. The molecular formula is C39H37F3N2O4. The Morgan fingerprint density at radius 2 is 1.35 bits per heavy atom. The van der Waals surface area contributed by atoms with Crippen molar-refractivity contribution in [3.05, 3.63) is 120 Å². The van der Waals surface area contributed by atoms with Crippen molar-refractivity contribution in [1.82, 2.24) is 10.2 Å². The molecule has 9 heteroatoms. The quantitative estimate of drug-likeness (QED) is 0.171. The van der Waals surface area contributed by atoms with Crippen molar-refractivity contribution in [3.8, 4) is 22.3 Å². The highest BCUT2D eigenvalue weighted by Gasteiger charge is 2.48. The second-order valence-electron chi connectivity index (χ2n) is 12.5. The smallest absolute Gasteiger partial charge is 0.416 e. The van der Waals surface area contributed by atoms with Crippen LogP contribution in [0, 0.1) is 5.92 Å². The van der Waals surface area contributed by atoms with E-state index in [9.17, 15) is 27.6 Å². The normalized spacial score (nSPS) is 17.4. The van der Waals surface area contributed by atoms with E-state index >= 15 is 0 Å². The zero-order chi connectivity index (χ0) is 33.8. The average molecular weight is 655 g/mol. The molecule has 2 aliphatic rings. The highest BCUT2D eigenvalue weighted by molar-refractivity contribution is 6.02. The predicted octanol–water partition coefficient (Wildman–Crippen LogP) is 7.37. The molecule has 4 aromatic carbocycles. The molecule has 48 heavy (non-hydrogen) atoms. The number of carbonyl (C=O) groups excluding carboxylic acids is 3. The summed E-state index contributed by atoms with van der Waals surface area (Å²) < 4.78 is 44.6. The third-order valence-electron chi connectivity index (χ3n) is 9.26. The first-order valence-corrected chi connectivity index (χ1v) is 16.2. The van der Waals surface area contributed by atoms with Gasteiger partial charge in [0.1, 0.15) is 12.1 Å². The van der Waals surface area contributed by atoms with E-state index < -0.39 is 35.7 Å². The Labute approximate surface area is 277 Å². The number of nitrogens with zero attached hydrogens (tertiary/aromatic N) is 1. The van der Waals surface area contributed by atoms with Gasteiger partial charge in [-0.05, 0) is 84.3 Å². The summed E-state index contributed by atoms with van der Waals surface area (Å²) in [6, 6.07) is 26.7. The number of halogens is 3. The monoisotopic (exact) mass is 654 g/mol. The number of alkyl halides is 3. The van der Waals surface area contributed by atoms with Crippen molar-refractivity contribution < 1.29 is 32.3 Å². The van der Waals surface area contributed by atoms with Crippen LogP contribution in [0.5, 0.6) is 0 Å². The van der Waals surface area contributed by atoms with Crippen LogP contribution in [0.4, 0.5) is 13.2 Å². The summed E-state index contributed by atoms with van der Waals surface area (Å²) in [4.78, 5) is 43.7. The molecule has 1 heterocycles. The summed E-state index contributed by atoms with van der Waals surface area (Å²) in [5, 5.41) is 3.41. The average Bonchev–Trinajstić information content (AvgIpc) is 3.83. The molecule has 0 spiro atoms. The van der Waals surface area contributed by atoms with Gasteiger partial charge in [0, 0.05) is 23.9 Å². The number of hydrogen-bond acceptors (Lipinski definition) is 5. The van der Waals surface area contributed by atoms with Gasteiger partial charge in [-0.25, -0.2) is 4.79 Å². The number of nitrogens with one attached hydrogen (secondary N) is 1. The van der Waals surface area contributed by atoms with Gasteiger partial charge in [0.05, 0.1) is 12.7 Å². The Bertz CT molecular complexity index is 1730. The van der Waals surface area contributed by atoms with Crippen LogP contribution < -0.4 is 5.32 Å². The highest BCUT2D eigenvalue weighted by Crippen LogP contribution is 2.36. The van der Waals surface area contributed by atoms with Crippen LogP contribution >= 0.6 is 0 Å². The number of Topliss-reactive ketones (excluding diaryl/α,β-unsaturated/α-hetero) is 1. The van der Waals surface area contributed by atoms with Gasteiger partial charge in [0.2, 0.25) is 0 Å². The van der Waals surface area contributed by atoms with E-state index in [1.165, 1.54) is 24.1 Å². The third kappa shape index (κ3) is 7.36. The van der Waals surface area contributed by atoms with Crippen molar-refractivity contribution in [2.75, 3.05) is 13.7 Å². The minimum atomic E-state index is -4.44. The van der Waals surface area contributed by atoms with Gasteiger partial charge in [-0.2, -0.15) is 13.2 Å². The fraction of sp³-hybridized carbons (Fsp3) is 0.308. The molecule has 1 N–H and O–H groups in total. The molecule has 6 nitrogen and oxygen atoms in total. The van der Waals surface area contributed by atoms with Gasteiger partial charge in [0.15, 0.2) is 5.78 Å². The second kappa shape index (κ2) is 14.2. The Hall–Kier alpha value is -4.76. The number of amides is 1. The molecule has 1 saturated heterocycles. The number of esters is 1. The molecule has 4 aromatic rings. The van der Waals surface area contributed by atoms with Gasteiger partial charge in [0.25, 0.3) is 5.91 Å². The second-order valence-corrected chi connectivity index (χ2v) is 12.5. The number of hydrogen-bond donors (Lipinski definition) is 1. The molecule has 0 radical (unpaired) electrons. The lowest BCUT2D eigenvalue weighted by molar-refractivity contribution is -0.148. The van der Waals surface area contributed by atoms with Crippen LogP contribution in [-0.4, -0.2) is 54.3 Å². The van der Waals surface area contributed by atoms with Gasteiger partial charge >= 0.3 is 12.1 Å². The maximum Gasteiger partial charge on any atom is 0.416 e. The molecule has 248 valence electrons. The molecule has 1 aliphatic heterocycles. The van der Waals surface area contributed by atoms with Crippen molar-refractivity contribution in [2.45, 2.75) is 56.4 Å². The molecule has 1 aliphatic carbocycles. The number of methoxy groups -OCH3 is 1. The Morgan fingerprint density at radius 1 is 0.792 bits per heavy atom. The fourth-order valence-corrected chi connectivity index (χ4v) is 6.51. The molecule has 3 atom stereocenters. The van der Waals surface area contributed by atoms with Crippen LogP contribution in [-0.2, 0) is 26.9 Å². The minimum absolute atomic E-state index is 0.0579. The lowest BCUT2D eigenvalue weighted by Gasteiger charge is -2.39. The Balaban J connectivity index is 1.35. The number of ether oxygens (including phenoxy) is 1. The number of rotatable bonds is 11. The van der Waals surface area contributed by atoms with Crippen LogP contribution in [0.3, 0.4) is 0 Å². The summed E-state index contributed by atoms with van der Waals surface area (Å²) >= 11 is 0. The first-order chi connectivity index (χ1) is 23.1. The van der Waals surface area contributed by atoms with Crippen molar-refractivity contribution in [2.24, 2.45) is 5.92 Å². The maximum atomic E-state index is 14.6. The zero-order valence-electron chi connectivity index (χ0n) is 26.6. The molecule has 1 saturated carbocycles. The summed E-state index contributed by atoms with van der Waals surface area (Å²) in [5.41, 5.74) is 3.55. The SMILES string of the molecule is COC(=O)[C@H](Cc1ccc(-c2ccccc2)cc1)N(C(=O)c1ccc(-c2ccc(C(F)(F)F)cc2)cc1)C(C(=O)C1CC1)[C@H]1CCCN1. The van der Waals surface area contributed by atoms with Gasteiger partial charge in [-0.1, -0.05) is 78.9 Å². The summed E-state index contributed by atoms with van der Waals surface area (Å²) in [6.07, 6.45) is -1.29. The van der Waals surface area contributed by atoms with Crippen LogP contribution in [0.2, 0.25) is 0 Å². The first kappa shape index (κ1) is 33.2. The predicted molar refractivity (Wildman–Crippen MR) is 177 cm³/mol. The van der Waals surface area contributed by atoms with E-state index in [2.05, 4.69) is 5.32 Å². The molecule has 1 amide bonds. The Morgan fingerprint density at radius 3 is 1.88 bits per heavy atom. The minimum Gasteiger partial charge on any atom is -0.467 e.